The number of hydrogen-bond donors (Lipinski definition) is 3. The van der Waals surface area contributed by atoms with Crippen LogP contribution in [-0.4, -0.2) is 47.1 Å². The number of para-hydroxylation sites is 1. The normalized spacial score (nSPS) is 22.8. The van der Waals surface area contributed by atoms with Gasteiger partial charge >= 0.3 is 5.97 Å². The highest BCUT2D eigenvalue weighted by molar-refractivity contribution is 5.79. The fourth-order valence-corrected chi connectivity index (χ4v) is 4.64. The van der Waals surface area contributed by atoms with Crippen molar-refractivity contribution in [3.05, 3.63) is 64.5 Å². The number of carbonyl (C=O) groups is 1. The number of hydrogen-bond acceptors (Lipinski definition) is 5. The number of carboxylic acid groups (broad SMARTS) is 1. The first-order chi connectivity index (χ1) is 15.6. The van der Waals surface area contributed by atoms with E-state index in [1.165, 1.54) is 0 Å². The van der Waals surface area contributed by atoms with Gasteiger partial charge in [0.15, 0.2) is 0 Å². The Morgan fingerprint density at radius 1 is 1.30 bits per heavy atom. The monoisotopic (exact) mass is 457 g/mol. The van der Waals surface area contributed by atoms with E-state index >= 15 is 0 Å². The first-order valence-electron chi connectivity index (χ1n) is 11.4. The lowest BCUT2D eigenvalue weighted by Crippen LogP contribution is -2.46. The number of β-amino-alcohol motifs (C(OH)–C–C–N with tert-alkyl or cyclic N) is 1. The molecule has 6 nitrogen and oxygen atoms in total. The molecule has 0 aromatic heterocycles. The fourth-order valence-electron chi connectivity index (χ4n) is 4.64. The van der Waals surface area contributed by atoms with Crippen molar-refractivity contribution in [2.45, 2.75) is 63.9 Å². The van der Waals surface area contributed by atoms with E-state index in [2.05, 4.69) is 5.32 Å². The molecule has 3 N–H and O–H groups in total. The maximum absolute atomic E-state index is 13.8. The fraction of sp³-hybridized carbons (Fsp3) is 0.500. The number of rotatable bonds is 10. The number of aliphatic hydroxyl groups excluding tert-OH is 1. The van der Waals surface area contributed by atoms with E-state index in [0.717, 1.165) is 22.4 Å². The second kappa shape index (κ2) is 9.05. The van der Waals surface area contributed by atoms with Crippen molar-refractivity contribution >= 4 is 5.97 Å². The lowest BCUT2D eigenvalue weighted by molar-refractivity contribution is -0.139. The van der Waals surface area contributed by atoms with Crippen molar-refractivity contribution in [1.29, 1.82) is 0 Å². The van der Waals surface area contributed by atoms with Crippen LogP contribution in [0.15, 0.2) is 36.4 Å². The van der Waals surface area contributed by atoms with E-state index in [4.69, 9.17) is 9.47 Å². The molecule has 0 amide bonds. The molecule has 7 heteroatoms. The Kier molecular flexibility index (Phi) is 6.49. The van der Waals surface area contributed by atoms with Gasteiger partial charge in [-0.15, -0.1) is 0 Å². The predicted molar refractivity (Wildman–Crippen MR) is 122 cm³/mol. The predicted octanol–water partition coefficient (Wildman–Crippen LogP) is 3.74. The standard InChI is InChI=1S/C26H32FNO5/c1-14-8-9-16(10-20(14)27)11-26(3,4)28-12-17(29)13-32-15(2)18-6-5-7-19-21-22(25(30)31)24(21)33-23(18)19/h5-10,15,17,21-22,24,28-29H,11-13H2,1-4H3,(H,30,31)/t15-,17-,21+,22+,24+/m1/s1. The molecule has 5 atom stereocenters. The van der Waals surface area contributed by atoms with Gasteiger partial charge in [-0.3, -0.25) is 4.79 Å². The van der Waals surface area contributed by atoms with Gasteiger partial charge in [-0.1, -0.05) is 30.3 Å². The number of benzene rings is 2. The van der Waals surface area contributed by atoms with E-state index in [1.807, 2.05) is 45.0 Å². The minimum absolute atomic E-state index is 0.0799. The lowest BCUT2D eigenvalue weighted by Gasteiger charge is -2.28. The molecule has 33 heavy (non-hydrogen) atoms. The summed E-state index contributed by atoms with van der Waals surface area (Å²) in [6.07, 6.45) is -0.686. The Morgan fingerprint density at radius 3 is 2.76 bits per heavy atom. The Hall–Kier alpha value is -2.48. The summed E-state index contributed by atoms with van der Waals surface area (Å²) < 4.78 is 25.7. The first-order valence-corrected chi connectivity index (χ1v) is 11.4. The number of aryl methyl sites for hydroxylation is 1. The Labute approximate surface area is 193 Å². The topological polar surface area (TPSA) is 88.0 Å². The molecular weight excluding hydrogens is 425 g/mol. The Bertz CT molecular complexity index is 1040. The molecule has 0 radical (unpaired) electrons. The van der Waals surface area contributed by atoms with Gasteiger partial charge in [-0.2, -0.15) is 0 Å². The largest absolute Gasteiger partial charge is 0.488 e. The molecule has 0 spiro atoms. The van der Waals surface area contributed by atoms with Crippen molar-refractivity contribution in [2.24, 2.45) is 5.92 Å². The number of halogens is 1. The zero-order chi connectivity index (χ0) is 23.9. The molecular formula is C26H32FNO5. The van der Waals surface area contributed by atoms with Gasteiger partial charge in [0.1, 0.15) is 23.6 Å². The molecule has 178 valence electrons. The number of fused-ring (bicyclic) bond motifs is 3. The van der Waals surface area contributed by atoms with Crippen molar-refractivity contribution in [3.63, 3.8) is 0 Å². The third-order valence-corrected chi connectivity index (χ3v) is 6.60. The summed E-state index contributed by atoms with van der Waals surface area (Å²) >= 11 is 0. The average molecular weight is 458 g/mol. The Balaban J connectivity index is 1.27. The highest BCUT2D eigenvalue weighted by Crippen LogP contribution is 2.59. The number of aliphatic carboxylic acids is 1. The minimum atomic E-state index is -0.823. The number of ether oxygens (including phenoxy) is 2. The summed E-state index contributed by atoms with van der Waals surface area (Å²) in [4.78, 5) is 11.3. The van der Waals surface area contributed by atoms with E-state index in [0.29, 0.717) is 18.5 Å². The molecule has 2 aliphatic rings. The highest BCUT2D eigenvalue weighted by Gasteiger charge is 2.63. The number of carboxylic acids is 1. The van der Waals surface area contributed by atoms with Gasteiger partial charge in [-0.05, 0) is 51.3 Å². The van der Waals surface area contributed by atoms with Gasteiger partial charge in [0, 0.05) is 29.1 Å². The minimum Gasteiger partial charge on any atom is -0.488 e. The van der Waals surface area contributed by atoms with Crippen LogP contribution in [0, 0.1) is 18.7 Å². The van der Waals surface area contributed by atoms with Crippen molar-refractivity contribution in [2.75, 3.05) is 13.2 Å². The van der Waals surface area contributed by atoms with Crippen molar-refractivity contribution in [3.8, 4) is 5.75 Å². The number of aliphatic hydroxyl groups is 1. The van der Waals surface area contributed by atoms with Crippen LogP contribution in [0.25, 0.3) is 0 Å². The maximum Gasteiger partial charge on any atom is 0.311 e. The summed E-state index contributed by atoms with van der Waals surface area (Å²) in [6.45, 7) is 8.14. The van der Waals surface area contributed by atoms with Crippen molar-refractivity contribution < 1.29 is 28.9 Å². The molecule has 1 saturated carbocycles. The van der Waals surface area contributed by atoms with E-state index in [-0.39, 0.29) is 36.1 Å². The van der Waals surface area contributed by atoms with Gasteiger partial charge in [0.2, 0.25) is 0 Å². The third kappa shape index (κ3) is 5.05. The highest BCUT2D eigenvalue weighted by atomic mass is 19.1. The van der Waals surface area contributed by atoms with Crippen LogP contribution < -0.4 is 10.1 Å². The Morgan fingerprint density at radius 2 is 2.06 bits per heavy atom. The summed E-state index contributed by atoms with van der Waals surface area (Å²) in [5.41, 5.74) is 2.99. The summed E-state index contributed by atoms with van der Waals surface area (Å²) in [7, 11) is 0. The van der Waals surface area contributed by atoms with Crippen LogP contribution in [0.5, 0.6) is 5.75 Å². The van der Waals surface area contributed by atoms with Crippen molar-refractivity contribution in [1.82, 2.24) is 5.32 Å². The zero-order valence-electron chi connectivity index (χ0n) is 19.5. The molecule has 1 aliphatic heterocycles. The zero-order valence-corrected chi connectivity index (χ0v) is 19.5. The van der Waals surface area contributed by atoms with Crippen LogP contribution in [0.2, 0.25) is 0 Å². The molecule has 1 fully saturated rings. The van der Waals surface area contributed by atoms with E-state index in [1.54, 1.807) is 19.1 Å². The van der Waals surface area contributed by atoms with Crippen LogP contribution in [0.3, 0.4) is 0 Å². The molecule has 1 aliphatic carbocycles. The molecule has 0 saturated heterocycles. The second-order valence-corrected chi connectivity index (χ2v) is 9.89. The molecule has 2 aromatic carbocycles. The van der Waals surface area contributed by atoms with Crippen LogP contribution >= 0.6 is 0 Å². The van der Waals surface area contributed by atoms with Gasteiger partial charge < -0.3 is 25.0 Å². The smallest absolute Gasteiger partial charge is 0.311 e. The quantitative estimate of drug-likeness (QED) is 0.504. The second-order valence-electron chi connectivity index (χ2n) is 9.89. The molecule has 0 unspecified atom stereocenters. The third-order valence-electron chi connectivity index (χ3n) is 6.60. The van der Waals surface area contributed by atoms with Crippen LogP contribution in [0.4, 0.5) is 4.39 Å². The van der Waals surface area contributed by atoms with Crippen LogP contribution in [-0.2, 0) is 16.0 Å². The summed E-state index contributed by atoms with van der Waals surface area (Å²) in [6, 6.07) is 11.0. The lowest BCUT2D eigenvalue weighted by atomic mass is 9.94. The van der Waals surface area contributed by atoms with Gasteiger partial charge in [0.05, 0.1) is 18.8 Å². The van der Waals surface area contributed by atoms with E-state index < -0.39 is 18.0 Å². The van der Waals surface area contributed by atoms with Crippen LogP contribution in [0.1, 0.15) is 55.0 Å². The summed E-state index contributed by atoms with van der Waals surface area (Å²) in [5, 5.41) is 23.1. The summed E-state index contributed by atoms with van der Waals surface area (Å²) in [5.74, 6) is -0.855. The van der Waals surface area contributed by atoms with E-state index in [9.17, 15) is 19.4 Å². The molecule has 1 heterocycles. The van der Waals surface area contributed by atoms with Gasteiger partial charge in [-0.25, -0.2) is 4.39 Å². The maximum atomic E-state index is 13.8. The molecule has 4 rings (SSSR count). The first kappa shape index (κ1) is 23.7. The molecule has 2 aromatic rings. The average Bonchev–Trinajstić information content (AvgIpc) is 3.35. The number of nitrogens with one attached hydrogen (secondary N) is 1. The molecule has 0 bridgehead atoms. The van der Waals surface area contributed by atoms with Gasteiger partial charge in [0.25, 0.3) is 0 Å². The SMILES string of the molecule is Cc1ccc(CC(C)(C)NC[C@@H](O)CO[C@H](C)c2cccc3c2O[C@@H]2[C@@H](C(=O)O)[C@H]32)cc1F.